The van der Waals surface area contributed by atoms with E-state index >= 15 is 0 Å². The quantitative estimate of drug-likeness (QED) is 0.835. The minimum atomic E-state index is -1.03. The fourth-order valence-corrected chi connectivity index (χ4v) is 3.78. The zero-order chi connectivity index (χ0) is 18.3. The van der Waals surface area contributed by atoms with E-state index in [0.717, 1.165) is 28.0 Å². The van der Waals surface area contributed by atoms with Gasteiger partial charge >= 0.3 is 6.03 Å². The first-order chi connectivity index (χ1) is 12.5. The lowest BCUT2D eigenvalue weighted by Crippen LogP contribution is -2.43. The molecule has 2 aliphatic rings. The van der Waals surface area contributed by atoms with Gasteiger partial charge in [-0.3, -0.25) is 14.5 Å². The van der Waals surface area contributed by atoms with Gasteiger partial charge in [-0.05, 0) is 42.5 Å². The van der Waals surface area contributed by atoms with E-state index in [1.54, 1.807) is 6.07 Å². The predicted molar refractivity (Wildman–Crippen MR) is 96.5 cm³/mol. The zero-order valence-electron chi connectivity index (χ0n) is 14.4. The number of hydrogen-bond donors (Lipinski definition) is 2. The summed E-state index contributed by atoms with van der Waals surface area (Å²) in [6.07, 6.45) is 1.25. The van der Waals surface area contributed by atoms with Gasteiger partial charge in [0, 0.05) is 5.69 Å². The van der Waals surface area contributed by atoms with Crippen LogP contribution in [0.4, 0.5) is 10.5 Å². The van der Waals surface area contributed by atoms with Crippen LogP contribution in [0.25, 0.3) is 0 Å². The van der Waals surface area contributed by atoms with E-state index < -0.39 is 17.5 Å². The molecule has 2 aromatic carbocycles. The molecule has 2 aromatic rings. The Bertz CT molecular complexity index is 924. The maximum Gasteiger partial charge on any atom is 0.325 e. The lowest BCUT2D eigenvalue weighted by Gasteiger charge is -2.22. The molecule has 4 rings (SSSR count). The van der Waals surface area contributed by atoms with E-state index in [4.69, 9.17) is 0 Å². The summed E-state index contributed by atoms with van der Waals surface area (Å²) in [4.78, 5) is 38.8. The average molecular weight is 349 g/mol. The highest BCUT2D eigenvalue weighted by molar-refractivity contribution is 6.11. The standard InChI is InChI=1S/C20H19N3O3/c1-13-6-2-5-9-16(13)21-17(24)12-23-18(25)20(22-19(23)26)11-10-14-7-3-4-8-15(14)20/h2-9H,10-12H2,1H3,(H,21,24)(H,22,26)/t20-/m1/s1. The smallest absolute Gasteiger partial charge is 0.324 e. The molecule has 1 aliphatic heterocycles. The molecule has 2 N–H and O–H groups in total. The van der Waals surface area contributed by atoms with E-state index in [2.05, 4.69) is 10.6 Å². The monoisotopic (exact) mass is 349 g/mol. The van der Waals surface area contributed by atoms with Gasteiger partial charge in [-0.1, -0.05) is 42.5 Å². The number of carbonyl (C=O) groups is 3. The summed E-state index contributed by atoms with van der Waals surface area (Å²) in [6, 6.07) is 14.5. The number of amides is 4. The minimum absolute atomic E-state index is 0.303. The number of imide groups is 1. The van der Waals surface area contributed by atoms with Crippen LogP contribution in [0.2, 0.25) is 0 Å². The molecule has 132 valence electrons. The number of urea groups is 1. The molecule has 4 amide bonds. The predicted octanol–water partition coefficient (Wildman–Crippen LogP) is 2.33. The molecule has 1 fully saturated rings. The molecular weight excluding hydrogens is 330 g/mol. The number of para-hydroxylation sites is 1. The van der Waals surface area contributed by atoms with Gasteiger partial charge in [-0.2, -0.15) is 0 Å². The molecule has 1 heterocycles. The summed E-state index contributed by atoms with van der Waals surface area (Å²) in [7, 11) is 0. The van der Waals surface area contributed by atoms with Gasteiger partial charge in [0.1, 0.15) is 12.1 Å². The first-order valence-corrected chi connectivity index (χ1v) is 8.59. The third kappa shape index (κ3) is 2.45. The van der Waals surface area contributed by atoms with Gasteiger partial charge in [0.2, 0.25) is 5.91 Å². The largest absolute Gasteiger partial charge is 0.325 e. The highest BCUT2D eigenvalue weighted by atomic mass is 16.2. The van der Waals surface area contributed by atoms with E-state index in [9.17, 15) is 14.4 Å². The first-order valence-electron chi connectivity index (χ1n) is 8.59. The second kappa shape index (κ2) is 5.98. The third-order valence-electron chi connectivity index (χ3n) is 5.14. The molecule has 0 bridgehead atoms. The van der Waals surface area contributed by atoms with Crippen LogP contribution in [0.5, 0.6) is 0 Å². The second-order valence-corrected chi connectivity index (χ2v) is 6.75. The number of anilines is 1. The van der Waals surface area contributed by atoms with Crippen molar-refractivity contribution in [2.45, 2.75) is 25.3 Å². The molecule has 6 heteroatoms. The van der Waals surface area contributed by atoms with Gasteiger partial charge in [-0.25, -0.2) is 4.79 Å². The molecule has 1 spiro atoms. The second-order valence-electron chi connectivity index (χ2n) is 6.75. The van der Waals surface area contributed by atoms with Gasteiger partial charge in [0.05, 0.1) is 0 Å². The molecule has 1 aliphatic carbocycles. The number of fused-ring (bicyclic) bond motifs is 2. The van der Waals surface area contributed by atoms with E-state index in [1.807, 2.05) is 49.4 Å². The number of rotatable bonds is 3. The molecule has 0 unspecified atom stereocenters. The van der Waals surface area contributed by atoms with Crippen molar-refractivity contribution in [1.29, 1.82) is 0 Å². The number of benzene rings is 2. The number of nitrogens with zero attached hydrogens (tertiary/aromatic N) is 1. The Morgan fingerprint density at radius 3 is 2.69 bits per heavy atom. The first kappa shape index (κ1) is 16.3. The van der Waals surface area contributed by atoms with Gasteiger partial charge in [-0.15, -0.1) is 0 Å². The highest BCUT2D eigenvalue weighted by Gasteiger charge is 2.55. The summed E-state index contributed by atoms with van der Waals surface area (Å²) in [5.74, 6) is -0.751. The van der Waals surface area contributed by atoms with Crippen molar-refractivity contribution in [3.05, 3.63) is 65.2 Å². The third-order valence-corrected chi connectivity index (χ3v) is 5.14. The topological polar surface area (TPSA) is 78.5 Å². The highest BCUT2D eigenvalue weighted by Crippen LogP contribution is 2.41. The summed E-state index contributed by atoms with van der Waals surface area (Å²) in [6.45, 7) is 1.58. The lowest BCUT2D eigenvalue weighted by molar-refractivity contribution is -0.134. The van der Waals surface area contributed by atoms with Crippen LogP contribution in [0.15, 0.2) is 48.5 Å². The van der Waals surface area contributed by atoms with E-state index in [0.29, 0.717) is 12.1 Å². The van der Waals surface area contributed by atoms with Gasteiger partial charge in [0.15, 0.2) is 0 Å². The van der Waals surface area contributed by atoms with Crippen molar-refractivity contribution in [2.75, 3.05) is 11.9 Å². The Kier molecular flexibility index (Phi) is 3.76. The Morgan fingerprint density at radius 1 is 1.15 bits per heavy atom. The molecule has 0 radical (unpaired) electrons. The molecule has 1 saturated heterocycles. The summed E-state index contributed by atoms with van der Waals surface area (Å²) >= 11 is 0. The number of aryl methyl sites for hydroxylation is 2. The molecule has 0 aromatic heterocycles. The van der Waals surface area contributed by atoms with E-state index in [1.165, 1.54) is 0 Å². The fraction of sp³-hybridized carbons (Fsp3) is 0.250. The summed E-state index contributed by atoms with van der Waals surface area (Å²) < 4.78 is 0. The Hall–Kier alpha value is -3.15. The average Bonchev–Trinajstić information content (AvgIpc) is 3.11. The van der Waals surface area contributed by atoms with Gasteiger partial charge < -0.3 is 10.6 Å². The van der Waals surface area contributed by atoms with Crippen LogP contribution in [-0.2, 0) is 21.5 Å². The van der Waals surface area contributed by atoms with Crippen molar-refractivity contribution in [2.24, 2.45) is 0 Å². The SMILES string of the molecule is Cc1ccccc1NC(=O)CN1C(=O)N[C@@]2(CCc3ccccc32)C1=O. The maximum absolute atomic E-state index is 13.0. The van der Waals surface area contributed by atoms with Crippen molar-refractivity contribution >= 4 is 23.5 Å². The molecule has 26 heavy (non-hydrogen) atoms. The normalized spacial score (nSPS) is 21.0. The van der Waals surface area contributed by atoms with Crippen molar-refractivity contribution in [1.82, 2.24) is 10.2 Å². The maximum atomic E-state index is 13.0. The van der Waals surface area contributed by atoms with Crippen LogP contribution < -0.4 is 10.6 Å². The summed E-state index contributed by atoms with van der Waals surface area (Å²) in [5.41, 5.74) is 2.45. The lowest BCUT2D eigenvalue weighted by atomic mass is 9.92. The van der Waals surface area contributed by atoms with Crippen LogP contribution in [0, 0.1) is 6.92 Å². The van der Waals surface area contributed by atoms with Crippen molar-refractivity contribution in [3.8, 4) is 0 Å². The number of hydrogen-bond acceptors (Lipinski definition) is 3. The minimum Gasteiger partial charge on any atom is -0.324 e. The van der Waals surface area contributed by atoms with Gasteiger partial charge in [0.25, 0.3) is 5.91 Å². The molecule has 1 atom stereocenters. The van der Waals surface area contributed by atoms with Crippen LogP contribution >= 0.6 is 0 Å². The molecule has 0 saturated carbocycles. The summed E-state index contributed by atoms with van der Waals surface area (Å²) in [5, 5.41) is 5.59. The molecular formula is C20H19N3O3. The Balaban J connectivity index is 1.54. The Labute approximate surface area is 151 Å². The Morgan fingerprint density at radius 2 is 1.88 bits per heavy atom. The van der Waals surface area contributed by atoms with Crippen LogP contribution in [0.1, 0.15) is 23.1 Å². The number of nitrogens with one attached hydrogen (secondary N) is 2. The molecule has 6 nitrogen and oxygen atoms in total. The number of carbonyl (C=O) groups excluding carboxylic acids is 3. The van der Waals surface area contributed by atoms with E-state index in [-0.39, 0.29) is 12.5 Å². The fourth-order valence-electron chi connectivity index (χ4n) is 3.78. The van der Waals surface area contributed by atoms with Crippen LogP contribution in [0.3, 0.4) is 0 Å². The van der Waals surface area contributed by atoms with Crippen molar-refractivity contribution in [3.63, 3.8) is 0 Å². The van der Waals surface area contributed by atoms with Crippen molar-refractivity contribution < 1.29 is 14.4 Å². The van der Waals surface area contributed by atoms with Crippen LogP contribution in [-0.4, -0.2) is 29.3 Å². The zero-order valence-corrected chi connectivity index (χ0v) is 14.4.